The van der Waals surface area contributed by atoms with Crippen molar-refractivity contribution < 1.29 is 14.2 Å². The van der Waals surface area contributed by atoms with Gasteiger partial charge in [0.05, 0.1) is 7.11 Å². The zero-order chi connectivity index (χ0) is 14.5. The molecule has 0 aromatic heterocycles. The molecular formula is C16H18FNO2. The maximum Gasteiger partial charge on any atom is 0.127 e. The number of hydrogen-bond acceptors (Lipinski definition) is 3. The van der Waals surface area contributed by atoms with Crippen molar-refractivity contribution in [3.8, 4) is 11.5 Å². The van der Waals surface area contributed by atoms with Crippen LogP contribution in [0.25, 0.3) is 0 Å². The summed E-state index contributed by atoms with van der Waals surface area (Å²) < 4.78 is 18.4. The van der Waals surface area contributed by atoms with E-state index in [1.807, 2.05) is 31.2 Å². The third kappa shape index (κ3) is 3.71. The quantitative estimate of drug-likeness (QED) is 0.879. The van der Waals surface area contributed by atoms with Gasteiger partial charge in [-0.1, -0.05) is 12.1 Å². The fourth-order valence-corrected chi connectivity index (χ4v) is 2.04. The van der Waals surface area contributed by atoms with E-state index in [2.05, 4.69) is 5.32 Å². The first kappa shape index (κ1) is 14.3. The van der Waals surface area contributed by atoms with E-state index in [1.54, 1.807) is 13.2 Å². The molecule has 0 aliphatic rings. The lowest BCUT2D eigenvalue weighted by molar-refractivity contribution is 0.413. The van der Waals surface area contributed by atoms with Crippen LogP contribution in [0.1, 0.15) is 24.1 Å². The zero-order valence-electron chi connectivity index (χ0n) is 11.6. The summed E-state index contributed by atoms with van der Waals surface area (Å²) in [5.74, 6) is 0.311. The van der Waals surface area contributed by atoms with Crippen LogP contribution in [-0.4, -0.2) is 12.2 Å². The third-order valence-electron chi connectivity index (χ3n) is 3.15. The van der Waals surface area contributed by atoms with E-state index in [0.29, 0.717) is 12.1 Å². The Bertz CT molecular complexity index is 566. The molecule has 0 saturated carbocycles. The first-order valence-corrected chi connectivity index (χ1v) is 6.44. The van der Waals surface area contributed by atoms with Crippen molar-refractivity contribution in [2.24, 2.45) is 0 Å². The van der Waals surface area contributed by atoms with Gasteiger partial charge in [-0.3, -0.25) is 0 Å². The highest BCUT2D eigenvalue weighted by atomic mass is 19.1. The average Bonchev–Trinajstić information content (AvgIpc) is 2.44. The fourth-order valence-electron chi connectivity index (χ4n) is 2.04. The van der Waals surface area contributed by atoms with Gasteiger partial charge in [-0.05, 0) is 42.3 Å². The molecule has 2 aromatic carbocycles. The van der Waals surface area contributed by atoms with Gasteiger partial charge in [0.1, 0.15) is 17.3 Å². The van der Waals surface area contributed by atoms with Crippen LogP contribution in [0.15, 0.2) is 42.5 Å². The number of benzene rings is 2. The van der Waals surface area contributed by atoms with Gasteiger partial charge < -0.3 is 15.2 Å². The van der Waals surface area contributed by atoms with Crippen LogP contribution in [-0.2, 0) is 6.54 Å². The molecule has 0 aliphatic heterocycles. The van der Waals surface area contributed by atoms with Gasteiger partial charge in [-0.2, -0.15) is 0 Å². The van der Waals surface area contributed by atoms with Gasteiger partial charge in [0, 0.05) is 18.7 Å². The Labute approximate surface area is 118 Å². The van der Waals surface area contributed by atoms with Gasteiger partial charge in [0.2, 0.25) is 0 Å². The van der Waals surface area contributed by atoms with Crippen LogP contribution in [0.2, 0.25) is 0 Å². The number of rotatable bonds is 5. The fraction of sp³-hybridized carbons (Fsp3) is 0.250. The van der Waals surface area contributed by atoms with E-state index in [0.717, 1.165) is 17.4 Å². The van der Waals surface area contributed by atoms with Gasteiger partial charge in [-0.15, -0.1) is 0 Å². The lowest BCUT2D eigenvalue weighted by atomic mass is 10.1. The predicted octanol–water partition coefficient (Wildman–Crippen LogP) is 3.39. The summed E-state index contributed by atoms with van der Waals surface area (Å²) in [6.07, 6.45) is 0. The molecule has 2 aromatic rings. The summed E-state index contributed by atoms with van der Waals surface area (Å²) in [7, 11) is 1.63. The number of ether oxygens (including phenoxy) is 1. The van der Waals surface area contributed by atoms with Crippen molar-refractivity contribution in [1.82, 2.24) is 5.32 Å². The van der Waals surface area contributed by atoms with Crippen LogP contribution in [0.5, 0.6) is 11.5 Å². The molecule has 0 fully saturated rings. The molecule has 0 unspecified atom stereocenters. The lowest BCUT2D eigenvalue weighted by Gasteiger charge is -2.15. The Morgan fingerprint density at radius 1 is 1.25 bits per heavy atom. The molecule has 0 aliphatic carbocycles. The van der Waals surface area contributed by atoms with Crippen molar-refractivity contribution in [3.63, 3.8) is 0 Å². The molecule has 2 N–H and O–H groups in total. The Kier molecular flexibility index (Phi) is 4.58. The molecule has 1 atom stereocenters. The first-order valence-electron chi connectivity index (χ1n) is 6.44. The molecule has 0 spiro atoms. The number of nitrogens with one attached hydrogen (secondary N) is 1. The number of methoxy groups -OCH3 is 1. The highest BCUT2D eigenvalue weighted by Gasteiger charge is 2.07. The predicted molar refractivity (Wildman–Crippen MR) is 76.3 cm³/mol. The number of phenols is 1. The summed E-state index contributed by atoms with van der Waals surface area (Å²) in [5, 5.41) is 12.6. The van der Waals surface area contributed by atoms with E-state index in [-0.39, 0.29) is 11.8 Å². The second-order valence-electron chi connectivity index (χ2n) is 4.70. The molecule has 0 radical (unpaired) electrons. The highest BCUT2D eigenvalue weighted by molar-refractivity contribution is 5.31. The zero-order valence-corrected chi connectivity index (χ0v) is 11.6. The second-order valence-corrected chi connectivity index (χ2v) is 4.70. The highest BCUT2D eigenvalue weighted by Crippen LogP contribution is 2.20. The standard InChI is InChI=1S/C16H18FNO2/c1-11(13-4-3-5-16(8-13)20-2)18-10-12-6-14(17)9-15(19)7-12/h3-9,11,18-19H,10H2,1-2H3/t11-/m1/s1. The summed E-state index contributed by atoms with van der Waals surface area (Å²) in [6.45, 7) is 2.50. The number of hydrogen-bond donors (Lipinski definition) is 2. The molecule has 0 heterocycles. The van der Waals surface area contributed by atoms with E-state index in [1.165, 1.54) is 6.07 Å². The summed E-state index contributed by atoms with van der Waals surface area (Å²) in [5.41, 5.74) is 1.79. The minimum Gasteiger partial charge on any atom is -0.508 e. The van der Waals surface area contributed by atoms with E-state index < -0.39 is 5.82 Å². The third-order valence-corrected chi connectivity index (χ3v) is 3.15. The van der Waals surface area contributed by atoms with Gasteiger partial charge in [0.25, 0.3) is 0 Å². The van der Waals surface area contributed by atoms with Crippen molar-refractivity contribution in [2.75, 3.05) is 7.11 Å². The topological polar surface area (TPSA) is 41.5 Å². The monoisotopic (exact) mass is 275 g/mol. The Morgan fingerprint density at radius 2 is 2.05 bits per heavy atom. The van der Waals surface area contributed by atoms with Crippen LogP contribution < -0.4 is 10.1 Å². The second kappa shape index (κ2) is 6.39. The molecule has 4 heteroatoms. The van der Waals surface area contributed by atoms with Crippen LogP contribution in [0.4, 0.5) is 4.39 Å². The van der Waals surface area contributed by atoms with Crippen molar-refractivity contribution >= 4 is 0 Å². The van der Waals surface area contributed by atoms with Crippen molar-refractivity contribution in [2.45, 2.75) is 19.5 Å². The number of aromatic hydroxyl groups is 1. The molecule has 0 amide bonds. The Morgan fingerprint density at radius 3 is 2.75 bits per heavy atom. The molecule has 0 saturated heterocycles. The number of halogens is 1. The van der Waals surface area contributed by atoms with E-state index >= 15 is 0 Å². The smallest absolute Gasteiger partial charge is 0.127 e. The van der Waals surface area contributed by atoms with E-state index in [9.17, 15) is 9.50 Å². The molecule has 2 rings (SSSR count). The number of phenolic OH excluding ortho intramolecular Hbond substituents is 1. The van der Waals surface area contributed by atoms with Gasteiger partial charge in [-0.25, -0.2) is 4.39 Å². The molecule has 0 bridgehead atoms. The minimum absolute atomic E-state index is 0.0594. The molecule has 20 heavy (non-hydrogen) atoms. The molecular weight excluding hydrogens is 257 g/mol. The molecule has 3 nitrogen and oxygen atoms in total. The first-order chi connectivity index (χ1) is 9.58. The van der Waals surface area contributed by atoms with Crippen molar-refractivity contribution in [3.05, 3.63) is 59.4 Å². The summed E-state index contributed by atoms with van der Waals surface area (Å²) >= 11 is 0. The average molecular weight is 275 g/mol. The summed E-state index contributed by atoms with van der Waals surface area (Å²) in [4.78, 5) is 0. The van der Waals surface area contributed by atoms with Gasteiger partial charge >= 0.3 is 0 Å². The summed E-state index contributed by atoms with van der Waals surface area (Å²) in [6, 6.07) is 11.9. The van der Waals surface area contributed by atoms with E-state index in [4.69, 9.17) is 4.74 Å². The SMILES string of the molecule is COc1cccc([C@@H](C)NCc2cc(O)cc(F)c2)c1. The van der Waals surface area contributed by atoms with Crippen molar-refractivity contribution in [1.29, 1.82) is 0 Å². The van der Waals surface area contributed by atoms with Gasteiger partial charge in [0.15, 0.2) is 0 Å². The Balaban J connectivity index is 2.02. The lowest BCUT2D eigenvalue weighted by Crippen LogP contribution is -2.18. The maximum atomic E-state index is 13.2. The van der Waals surface area contributed by atoms with Crippen LogP contribution >= 0.6 is 0 Å². The van der Waals surface area contributed by atoms with Crippen LogP contribution in [0.3, 0.4) is 0 Å². The molecule has 106 valence electrons. The Hall–Kier alpha value is -2.07. The normalized spacial score (nSPS) is 12.2. The minimum atomic E-state index is -0.434. The maximum absolute atomic E-state index is 13.2. The largest absolute Gasteiger partial charge is 0.508 e. The van der Waals surface area contributed by atoms with Crippen LogP contribution in [0, 0.1) is 5.82 Å².